The van der Waals surface area contributed by atoms with Crippen molar-refractivity contribution in [2.75, 3.05) is 0 Å². The topological polar surface area (TPSA) is 91.7 Å². The molecule has 0 bridgehead atoms. The average Bonchev–Trinajstić information content (AvgIpc) is 1.33. The molecule has 0 aliphatic heterocycles. The third kappa shape index (κ3) is 997. The van der Waals surface area contributed by atoms with Crippen molar-refractivity contribution in [3.8, 4) is 0 Å². The van der Waals surface area contributed by atoms with Crippen LogP contribution in [-0.4, -0.2) is 22.5 Å². The van der Waals surface area contributed by atoms with E-state index in [-0.39, 0.29) is 37.1 Å². The van der Waals surface area contributed by atoms with E-state index in [4.69, 9.17) is 24.6 Å². The van der Waals surface area contributed by atoms with Crippen molar-refractivity contribution in [3.05, 3.63) is 0 Å². The molecule has 8 heavy (non-hydrogen) atoms. The third-order valence-corrected chi connectivity index (χ3v) is 0. The van der Waals surface area contributed by atoms with E-state index in [2.05, 4.69) is 0 Å². The average molecular weight is 130 g/mol. The van der Waals surface area contributed by atoms with Crippen LogP contribution >= 0.6 is 0 Å². The summed E-state index contributed by atoms with van der Waals surface area (Å²) in [5.74, 6) is 0. The summed E-state index contributed by atoms with van der Waals surface area (Å²) in [4.78, 5) is 24.8. The van der Waals surface area contributed by atoms with Gasteiger partial charge in [0.2, 0.25) is 0 Å². The summed E-state index contributed by atoms with van der Waals surface area (Å²) < 4.78 is 0. The minimum Gasteiger partial charge on any atom is -1.00 e. The van der Waals surface area contributed by atoms with Gasteiger partial charge in [-0.1, -0.05) is 0 Å². The Morgan fingerprint density at radius 3 is 1.38 bits per heavy atom. The van der Waals surface area contributed by atoms with Crippen LogP contribution in [-0.2, 0) is 9.59 Å². The maximum Gasteiger partial charge on any atom is 1.00 e. The van der Waals surface area contributed by atoms with E-state index in [1.165, 1.54) is 0 Å². The van der Waals surface area contributed by atoms with Crippen LogP contribution in [0.2, 0.25) is 0 Å². The fraction of sp³-hybridized carbons (Fsp3) is 0. The van der Waals surface area contributed by atoms with E-state index in [1.54, 1.807) is 0 Å². The molecule has 0 saturated heterocycles. The first kappa shape index (κ1) is 15.6. The Balaban J connectivity index is -0.0000000233. The van der Waals surface area contributed by atoms with Crippen molar-refractivity contribution < 1.29 is 55.6 Å². The predicted octanol–water partition coefficient (Wildman–Crippen LogP) is -3.24. The van der Waals surface area contributed by atoms with E-state index in [1.807, 2.05) is 0 Å². The fourth-order valence-corrected chi connectivity index (χ4v) is 0. The Morgan fingerprint density at radius 1 is 1.38 bits per heavy atom. The Labute approximate surface area is 68.1 Å². The summed E-state index contributed by atoms with van der Waals surface area (Å²) in [5.41, 5.74) is 0. The Bertz CT molecular complexity index is 83.0. The largest absolute Gasteiger partial charge is 1.00 e. The van der Waals surface area contributed by atoms with Crippen LogP contribution in [0.1, 0.15) is 1.43 Å². The first-order valence-electron chi connectivity index (χ1n) is 1.06. The number of hydrogen-bond acceptors (Lipinski definition) is 3. The summed E-state index contributed by atoms with van der Waals surface area (Å²) in [6, 6.07) is 0. The summed E-state index contributed by atoms with van der Waals surface area (Å²) in [5, 5.41) is 13.9. The Hall–Kier alpha value is -0.350. The van der Waals surface area contributed by atoms with Gasteiger partial charge in [0.25, 0.3) is 0 Å². The normalized spacial score (nSPS) is 4.00. The van der Waals surface area contributed by atoms with E-state index >= 15 is 0 Å². The van der Waals surface area contributed by atoms with Gasteiger partial charge in [-0.25, -0.2) is 4.79 Å². The zero-order valence-electron chi connectivity index (χ0n) is 5.12. The number of carbonyl (C=O) groups excluding carboxylic acids is 2. The van der Waals surface area contributed by atoms with Gasteiger partial charge < -0.3 is 11.6 Å². The second-order valence-electron chi connectivity index (χ2n) is 0.366. The molecule has 0 heterocycles. The summed E-state index contributed by atoms with van der Waals surface area (Å²) in [6.45, 7) is 0. The maximum absolute atomic E-state index is 8.56. The van der Waals surface area contributed by atoms with Gasteiger partial charge in [0.15, 0.2) is 0 Å². The van der Waals surface area contributed by atoms with E-state index < -0.39 is 6.16 Å². The predicted molar refractivity (Wildman–Crippen MR) is 16.8 cm³/mol. The second kappa shape index (κ2) is 15.9. The molecule has 0 aromatic rings. The van der Waals surface area contributed by atoms with Crippen LogP contribution < -0.4 is 29.6 Å². The standard InChI is InChI=1S/CH2O3.CO2.Na.H/c2-1(3)4;2-1-3;;/h(H2,2,3,4);;;/q;;+1;-1. The van der Waals surface area contributed by atoms with Crippen molar-refractivity contribution in [1.82, 2.24) is 0 Å². The molecule has 0 atom stereocenters. The minimum absolute atomic E-state index is 0. The first-order valence-corrected chi connectivity index (χ1v) is 1.06. The molecule has 0 aromatic heterocycles. The van der Waals surface area contributed by atoms with Gasteiger partial charge in [-0.05, 0) is 0 Å². The quantitative estimate of drug-likeness (QED) is 0.336. The Morgan fingerprint density at radius 2 is 1.38 bits per heavy atom. The van der Waals surface area contributed by atoms with Gasteiger partial charge in [-0.3, -0.25) is 0 Å². The van der Waals surface area contributed by atoms with Crippen molar-refractivity contribution in [2.45, 2.75) is 0 Å². The number of carbonyl (C=O) groups is 1. The molecule has 0 rings (SSSR count). The van der Waals surface area contributed by atoms with Crippen LogP contribution in [0.25, 0.3) is 0 Å². The molecule has 0 unspecified atom stereocenters. The van der Waals surface area contributed by atoms with Crippen molar-refractivity contribution in [1.29, 1.82) is 0 Å². The summed E-state index contributed by atoms with van der Waals surface area (Å²) in [7, 11) is 0. The summed E-state index contributed by atoms with van der Waals surface area (Å²) >= 11 is 0. The molecule has 5 nitrogen and oxygen atoms in total. The van der Waals surface area contributed by atoms with Gasteiger partial charge in [-0.2, -0.15) is 9.59 Å². The molecule has 0 aromatic carbocycles. The fourth-order valence-electron chi connectivity index (χ4n) is 0. The second-order valence-corrected chi connectivity index (χ2v) is 0.366. The molecule has 0 amide bonds. The monoisotopic (exact) mass is 130 g/mol. The van der Waals surface area contributed by atoms with E-state index in [9.17, 15) is 0 Å². The molecule has 42 valence electrons. The first-order chi connectivity index (χ1) is 3.15. The van der Waals surface area contributed by atoms with Gasteiger partial charge >= 0.3 is 41.9 Å². The maximum atomic E-state index is 8.56. The van der Waals surface area contributed by atoms with Crippen LogP contribution in [0, 0.1) is 0 Å². The minimum atomic E-state index is -1.83. The molecular weight excluding hydrogens is 127 g/mol. The zero-order valence-corrected chi connectivity index (χ0v) is 6.12. The SMILES string of the molecule is O=C(O)O.O=C=O.[H-].[Na+]. The third-order valence-electron chi connectivity index (χ3n) is 0. The number of carboxylic acid groups (broad SMARTS) is 2. The van der Waals surface area contributed by atoms with E-state index in [0.29, 0.717) is 0 Å². The number of hydrogen-bond donors (Lipinski definition) is 2. The van der Waals surface area contributed by atoms with Gasteiger partial charge in [0.05, 0.1) is 0 Å². The zero-order chi connectivity index (χ0) is 6.28. The molecule has 0 radical (unpaired) electrons. The van der Waals surface area contributed by atoms with Crippen LogP contribution in [0.5, 0.6) is 0 Å². The van der Waals surface area contributed by atoms with Gasteiger partial charge in [0, 0.05) is 0 Å². The van der Waals surface area contributed by atoms with Crippen LogP contribution in [0.15, 0.2) is 0 Å². The smallest absolute Gasteiger partial charge is 1.00 e. The molecule has 6 heteroatoms. The Kier molecular flexibility index (Phi) is 31.2. The summed E-state index contributed by atoms with van der Waals surface area (Å²) in [6.07, 6.45) is -1.58. The molecule has 0 spiro atoms. The van der Waals surface area contributed by atoms with Crippen LogP contribution in [0.4, 0.5) is 4.79 Å². The van der Waals surface area contributed by atoms with Crippen molar-refractivity contribution >= 4 is 12.3 Å². The van der Waals surface area contributed by atoms with Gasteiger partial charge in [0.1, 0.15) is 0 Å². The van der Waals surface area contributed by atoms with Gasteiger partial charge in [-0.15, -0.1) is 0 Å². The molecule has 0 aliphatic carbocycles. The molecule has 0 fully saturated rings. The molecule has 2 N–H and O–H groups in total. The van der Waals surface area contributed by atoms with E-state index in [0.717, 1.165) is 0 Å². The molecule has 0 aliphatic rings. The van der Waals surface area contributed by atoms with Crippen molar-refractivity contribution in [3.63, 3.8) is 0 Å². The molecular formula is C2H3NaO5. The van der Waals surface area contributed by atoms with Crippen molar-refractivity contribution in [2.24, 2.45) is 0 Å². The number of rotatable bonds is 0. The molecule has 0 saturated carbocycles. The van der Waals surface area contributed by atoms with Crippen LogP contribution in [0.3, 0.4) is 0 Å².